The Morgan fingerprint density at radius 1 is 1.17 bits per heavy atom. The Hall–Kier alpha value is 1.72. The van der Waals surface area contributed by atoms with Gasteiger partial charge in [-0.05, 0) is 6.16 Å². The van der Waals surface area contributed by atoms with Crippen LogP contribution in [0.4, 0.5) is 0 Å². The summed E-state index contributed by atoms with van der Waals surface area (Å²) in [6.07, 6.45) is 1.08. The van der Waals surface area contributed by atoms with Gasteiger partial charge in [0.15, 0.2) is 0 Å². The molecule has 0 saturated carbocycles. The smallest absolute Gasteiger partial charge is 0.0166 e. The third-order valence-electron chi connectivity index (χ3n) is 0.354. The van der Waals surface area contributed by atoms with E-state index in [2.05, 4.69) is 37.0 Å². The minimum Gasteiger partial charge on any atom is -0.136 e. The lowest BCUT2D eigenvalue weighted by atomic mass is 10.9. The molecule has 0 N–H and O–H groups in total. The summed E-state index contributed by atoms with van der Waals surface area (Å²) in [5.74, 6) is 0. The highest BCUT2D eigenvalue weighted by molar-refractivity contribution is 7.58. The Morgan fingerprint density at radius 3 is 1.33 bits per heavy atom. The zero-order chi connectivity index (χ0) is 5.21. The van der Waals surface area contributed by atoms with Gasteiger partial charge in [-0.25, -0.2) is 0 Å². The first-order chi connectivity index (χ1) is 2.56. The van der Waals surface area contributed by atoms with Crippen LogP contribution >= 0.6 is 37.0 Å². The van der Waals surface area contributed by atoms with Gasteiger partial charge in [-0.15, -0.1) is 37.0 Å². The van der Waals surface area contributed by atoms with Crippen molar-refractivity contribution in [3.05, 3.63) is 0 Å². The summed E-state index contributed by atoms with van der Waals surface area (Å²) in [5.41, 5.74) is 0. The van der Waals surface area contributed by atoms with E-state index in [-0.39, 0.29) is 4.64 Å². The maximum atomic E-state index is 2.70. The van der Waals surface area contributed by atoms with Gasteiger partial charge in [-0.2, -0.15) is 0 Å². The maximum Gasteiger partial charge on any atom is 0.0166 e. The molecular weight excluding hydrogens is 148 g/mol. The van der Waals surface area contributed by atoms with Gasteiger partial charge in [-0.3, -0.25) is 0 Å². The monoisotopic (exact) mass is 158 g/mol. The van der Waals surface area contributed by atoms with Crippen molar-refractivity contribution in [2.45, 2.75) is 4.64 Å². The predicted molar refractivity (Wildman–Crippen MR) is 46.4 cm³/mol. The van der Waals surface area contributed by atoms with Crippen molar-refractivity contribution in [2.24, 2.45) is 0 Å². The van der Waals surface area contributed by atoms with Gasteiger partial charge in [0.2, 0.25) is 0 Å². The molecule has 0 aromatic heterocycles. The van der Waals surface area contributed by atoms with E-state index in [1.54, 1.807) is 0 Å². The Morgan fingerprint density at radius 2 is 1.33 bits per heavy atom. The van der Waals surface area contributed by atoms with Crippen molar-refractivity contribution >= 4 is 37.0 Å². The molecule has 0 radical (unpaired) electrons. The molecule has 4 unspecified atom stereocenters. The first kappa shape index (κ1) is 7.72. The fraction of sp³-hybridized carbons (Fsp3) is 1.00. The van der Waals surface area contributed by atoms with Crippen LogP contribution in [0.1, 0.15) is 0 Å². The van der Waals surface area contributed by atoms with E-state index in [0.717, 1.165) is 6.16 Å². The molecule has 4 heteroatoms. The molecule has 4 atom stereocenters. The van der Waals surface area contributed by atoms with Crippen LogP contribution < -0.4 is 0 Å². The van der Waals surface area contributed by atoms with E-state index in [4.69, 9.17) is 0 Å². The fourth-order valence-electron chi connectivity index (χ4n) is 0. The molecule has 0 aliphatic rings. The van der Waals surface area contributed by atoms with E-state index >= 15 is 0 Å². The second-order valence-corrected chi connectivity index (χ2v) is 6.95. The molecule has 0 heterocycles. The van der Waals surface area contributed by atoms with Gasteiger partial charge < -0.3 is 0 Å². The fourth-order valence-corrected chi connectivity index (χ4v) is 0. The lowest BCUT2D eigenvalue weighted by Gasteiger charge is -2.12. The van der Waals surface area contributed by atoms with Gasteiger partial charge in [0.05, 0.1) is 0 Å². The van der Waals surface area contributed by atoms with Gasteiger partial charge in [0.1, 0.15) is 0 Å². The molecule has 0 aliphatic carbocycles. The Labute approximate surface area is 48.4 Å². The Bertz CT molecular complexity index is 35.3. The minimum atomic E-state index is 0.255. The molecule has 6 heavy (non-hydrogen) atoms. The minimum absolute atomic E-state index is 0.255. The van der Waals surface area contributed by atoms with E-state index in [1.165, 1.54) is 0 Å². The number of rotatable bonds is 1. The number of hydrogen-bond donors (Lipinski definition) is 0. The highest BCUT2D eigenvalue weighted by Gasteiger charge is 2.04. The molecule has 0 saturated heterocycles. The highest BCUT2D eigenvalue weighted by Crippen LogP contribution is 2.35. The molecular formula is C2H10P4. The predicted octanol–water partition coefficient (Wildman–Crippen LogP) is 1.14. The van der Waals surface area contributed by atoms with Crippen molar-refractivity contribution in [3.8, 4) is 0 Å². The van der Waals surface area contributed by atoms with Crippen molar-refractivity contribution in [1.82, 2.24) is 0 Å². The van der Waals surface area contributed by atoms with Crippen LogP contribution in [0.2, 0.25) is 0 Å². The summed E-state index contributed by atoms with van der Waals surface area (Å²) < 4.78 is 0.255. The SMILES string of the molecule is PCC(P)(P)P. The summed E-state index contributed by atoms with van der Waals surface area (Å²) in [7, 11) is 10.8. The quantitative estimate of drug-likeness (QED) is 0.502. The molecule has 0 aliphatic heterocycles. The van der Waals surface area contributed by atoms with E-state index in [0.29, 0.717) is 0 Å². The standard InChI is InChI=1S/C2H10P4/c3-1-2(4,5)6/h1,3-6H2. The maximum absolute atomic E-state index is 2.70. The third-order valence-corrected chi connectivity index (χ3v) is 3.18. The van der Waals surface area contributed by atoms with Crippen LogP contribution in [0, 0.1) is 0 Å². The summed E-state index contributed by atoms with van der Waals surface area (Å²) in [5, 5.41) is 0. The summed E-state index contributed by atoms with van der Waals surface area (Å²) >= 11 is 0. The van der Waals surface area contributed by atoms with Gasteiger partial charge >= 0.3 is 0 Å². The lowest BCUT2D eigenvalue weighted by molar-refractivity contribution is 1.36. The van der Waals surface area contributed by atoms with Crippen molar-refractivity contribution in [1.29, 1.82) is 0 Å². The molecule has 0 spiro atoms. The molecule has 0 aromatic carbocycles. The van der Waals surface area contributed by atoms with E-state index < -0.39 is 0 Å². The second kappa shape index (κ2) is 2.89. The van der Waals surface area contributed by atoms with Crippen molar-refractivity contribution < 1.29 is 0 Å². The normalized spacial score (nSPS) is 12.0. The largest absolute Gasteiger partial charge is 0.136 e. The molecule has 0 rings (SSSR count). The first-order valence-corrected chi connectivity index (χ1v) is 4.18. The van der Waals surface area contributed by atoms with Crippen LogP contribution in [0.5, 0.6) is 0 Å². The van der Waals surface area contributed by atoms with Crippen molar-refractivity contribution in [3.63, 3.8) is 0 Å². The second-order valence-electron chi connectivity index (χ2n) is 1.32. The van der Waals surface area contributed by atoms with Crippen LogP contribution in [-0.4, -0.2) is 10.8 Å². The average Bonchev–Trinajstić information content (AvgIpc) is 1.35. The van der Waals surface area contributed by atoms with Crippen molar-refractivity contribution in [2.75, 3.05) is 6.16 Å². The lowest BCUT2D eigenvalue weighted by Crippen LogP contribution is -1.97. The van der Waals surface area contributed by atoms with Crippen LogP contribution in [-0.2, 0) is 0 Å². The summed E-state index contributed by atoms with van der Waals surface area (Å²) in [6, 6.07) is 0. The van der Waals surface area contributed by atoms with Crippen LogP contribution in [0.25, 0.3) is 0 Å². The van der Waals surface area contributed by atoms with Crippen LogP contribution in [0.15, 0.2) is 0 Å². The third kappa shape index (κ3) is 5.72. The zero-order valence-electron chi connectivity index (χ0n) is 3.52. The van der Waals surface area contributed by atoms with Gasteiger partial charge in [-0.1, -0.05) is 0 Å². The molecule has 38 valence electrons. The van der Waals surface area contributed by atoms with Gasteiger partial charge in [0, 0.05) is 4.64 Å². The van der Waals surface area contributed by atoms with Gasteiger partial charge in [0.25, 0.3) is 0 Å². The van der Waals surface area contributed by atoms with E-state index in [1.807, 2.05) is 0 Å². The topological polar surface area (TPSA) is 0 Å². The summed E-state index contributed by atoms with van der Waals surface area (Å²) in [6.45, 7) is 0. The van der Waals surface area contributed by atoms with E-state index in [9.17, 15) is 0 Å². The molecule has 0 nitrogen and oxygen atoms in total. The molecule has 0 fully saturated rings. The highest BCUT2D eigenvalue weighted by atomic mass is 31.1. The molecule has 0 bridgehead atoms. The molecule has 0 amide bonds. The van der Waals surface area contributed by atoms with Crippen LogP contribution in [0.3, 0.4) is 0 Å². The zero-order valence-corrected chi connectivity index (χ0v) is 8.14. The number of hydrogen-bond acceptors (Lipinski definition) is 0. The Balaban J connectivity index is 3.17. The Kier molecular flexibility index (Phi) is 3.72. The average molecular weight is 158 g/mol. The first-order valence-electron chi connectivity index (χ1n) is 1.63. The molecule has 0 aromatic rings. The summed E-state index contributed by atoms with van der Waals surface area (Å²) in [4.78, 5) is 0.